The highest BCUT2D eigenvalue weighted by Crippen LogP contribution is 2.28. The van der Waals surface area contributed by atoms with Crippen LogP contribution in [-0.2, 0) is 13.6 Å². The number of phenolic OH excluding ortho intramolecular Hbond substituents is 1. The van der Waals surface area contributed by atoms with Gasteiger partial charge in [-0.05, 0) is 35.8 Å². The maximum absolute atomic E-state index is 9.91. The molecule has 0 aliphatic heterocycles. The maximum atomic E-state index is 9.91. The molecule has 0 amide bonds. The van der Waals surface area contributed by atoms with Gasteiger partial charge in [-0.15, -0.1) is 0 Å². The minimum absolute atomic E-state index is 0.282. The number of aryl methyl sites for hydroxylation is 2. The number of nitrogens with zero attached hydrogens (tertiary/aromatic N) is 2. The fourth-order valence-electron chi connectivity index (χ4n) is 1.92. The Morgan fingerprint density at radius 1 is 1.39 bits per heavy atom. The summed E-state index contributed by atoms with van der Waals surface area (Å²) in [5.41, 5.74) is 3.93. The summed E-state index contributed by atoms with van der Waals surface area (Å²) < 4.78 is 2.56. The lowest BCUT2D eigenvalue weighted by Gasteiger charge is -2.09. The summed E-state index contributed by atoms with van der Waals surface area (Å²) in [6, 6.07) is 5.62. The van der Waals surface area contributed by atoms with Gasteiger partial charge in [-0.3, -0.25) is 4.68 Å². The van der Waals surface area contributed by atoms with Crippen molar-refractivity contribution in [3.63, 3.8) is 0 Å². The predicted octanol–water partition coefficient (Wildman–Crippen LogP) is 3.12. The smallest absolute Gasteiger partial charge is 0.134 e. The summed E-state index contributed by atoms with van der Waals surface area (Å²) in [5, 5.41) is 17.6. The van der Waals surface area contributed by atoms with E-state index in [1.807, 2.05) is 43.8 Å². The van der Waals surface area contributed by atoms with E-state index in [9.17, 15) is 5.11 Å². The van der Waals surface area contributed by atoms with Gasteiger partial charge in [0.25, 0.3) is 0 Å². The molecule has 0 unspecified atom stereocenters. The number of para-hydroxylation sites is 1. The van der Waals surface area contributed by atoms with E-state index in [0.29, 0.717) is 11.0 Å². The molecule has 0 radical (unpaired) electrons. The Labute approximate surface area is 115 Å². The Balaban J connectivity index is 2.19. The molecule has 0 aliphatic carbocycles. The molecule has 0 saturated heterocycles. The number of halogens is 1. The number of hydrogen-bond donors (Lipinski definition) is 2. The van der Waals surface area contributed by atoms with Crippen LogP contribution in [0.2, 0.25) is 0 Å². The van der Waals surface area contributed by atoms with Gasteiger partial charge in [0.05, 0.1) is 21.5 Å². The van der Waals surface area contributed by atoms with Crippen LogP contribution in [0.4, 0.5) is 5.69 Å². The number of aromatic nitrogens is 2. The first-order valence-electron chi connectivity index (χ1n) is 5.71. The fourth-order valence-corrected chi connectivity index (χ4v) is 2.32. The molecule has 1 heterocycles. The van der Waals surface area contributed by atoms with E-state index in [4.69, 9.17) is 0 Å². The van der Waals surface area contributed by atoms with E-state index in [0.717, 1.165) is 22.6 Å². The van der Waals surface area contributed by atoms with E-state index < -0.39 is 0 Å². The van der Waals surface area contributed by atoms with E-state index in [1.54, 1.807) is 0 Å². The molecule has 96 valence electrons. The SMILES string of the molecule is Cc1nn(C)c(C)c1NCc1cccc(Br)c1O. The predicted molar refractivity (Wildman–Crippen MR) is 75.8 cm³/mol. The maximum Gasteiger partial charge on any atom is 0.134 e. The molecule has 0 bridgehead atoms. The molecule has 0 aliphatic rings. The molecule has 5 heteroatoms. The first kappa shape index (κ1) is 13.0. The average molecular weight is 310 g/mol. The van der Waals surface area contributed by atoms with E-state index >= 15 is 0 Å². The minimum Gasteiger partial charge on any atom is -0.506 e. The van der Waals surface area contributed by atoms with E-state index in [1.165, 1.54) is 0 Å². The third kappa shape index (κ3) is 2.36. The topological polar surface area (TPSA) is 50.1 Å². The molecular formula is C13H16BrN3O. The van der Waals surface area contributed by atoms with Gasteiger partial charge < -0.3 is 10.4 Å². The molecule has 0 fully saturated rings. The Kier molecular flexibility index (Phi) is 3.61. The van der Waals surface area contributed by atoms with Crippen LogP contribution in [0.1, 0.15) is 17.0 Å². The summed E-state index contributed by atoms with van der Waals surface area (Å²) in [6.45, 7) is 4.55. The minimum atomic E-state index is 0.282. The number of nitrogens with one attached hydrogen (secondary N) is 1. The van der Waals surface area contributed by atoms with Gasteiger partial charge in [0.15, 0.2) is 0 Å². The van der Waals surface area contributed by atoms with Crippen LogP contribution in [0.15, 0.2) is 22.7 Å². The van der Waals surface area contributed by atoms with E-state index in [-0.39, 0.29) is 5.75 Å². The lowest BCUT2D eigenvalue weighted by Crippen LogP contribution is -2.02. The zero-order chi connectivity index (χ0) is 13.3. The van der Waals surface area contributed by atoms with Crippen LogP contribution in [-0.4, -0.2) is 14.9 Å². The standard InChI is InChI=1S/C13H16BrN3O/c1-8-12(9(2)17(3)16-8)15-7-10-5-4-6-11(14)13(10)18/h4-6,15,18H,7H2,1-3H3. The molecular weight excluding hydrogens is 294 g/mol. The Hall–Kier alpha value is -1.49. The quantitative estimate of drug-likeness (QED) is 0.916. The number of anilines is 1. The molecule has 4 nitrogen and oxygen atoms in total. The van der Waals surface area contributed by atoms with Crippen molar-refractivity contribution in [3.8, 4) is 5.75 Å². The second-order valence-corrected chi connectivity index (χ2v) is 5.12. The van der Waals surface area contributed by atoms with Gasteiger partial charge >= 0.3 is 0 Å². The fraction of sp³-hybridized carbons (Fsp3) is 0.308. The number of rotatable bonds is 3. The highest BCUT2D eigenvalue weighted by Gasteiger charge is 2.10. The summed E-state index contributed by atoms with van der Waals surface area (Å²) in [5.74, 6) is 0.282. The number of hydrogen-bond acceptors (Lipinski definition) is 3. The highest BCUT2D eigenvalue weighted by molar-refractivity contribution is 9.10. The van der Waals surface area contributed by atoms with Crippen molar-refractivity contribution in [2.75, 3.05) is 5.32 Å². The average Bonchev–Trinajstić information content (AvgIpc) is 2.56. The summed E-state index contributed by atoms with van der Waals surface area (Å²) in [7, 11) is 1.92. The van der Waals surface area contributed by atoms with Crippen molar-refractivity contribution in [1.82, 2.24) is 9.78 Å². The Morgan fingerprint density at radius 2 is 2.11 bits per heavy atom. The van der Waals surface area contributed by atoms with Gasteiger partial charge in [0.1, 0.15) is 5.75 Å². The molecule has 1 aromatic heterocycles. The van der Waals surface area contributed by atoms with Gasteiger partial charge in [0, 0.05) is 19.2 Å². The zero-order valence-corrected chi connectivity index (χ0v) is 12.2. The monoisotopic (exact) mass is 309 g/mol. The van der Waals surface area contributed by atoms with E-state index in [2.05, 4.69) is 26.3 Å². The molecule has 0 atom stereocenters. The lowest BCUT2D eigenvalue weighted by atomic mass is 10.2. The molecule has 2 N–H and O–H groups in total. The second-order valence-electron chi connectivity index (χ2n) is 4.27. The summed E-state index contributed by atoms with van der Waals surface area (Å²) in [4.78, 5) is 0. The van der Waals surface area contributed by atoms with Crippen molar-refractivity contribution < 1.29 is 5.11 Å². The van der Waals surface area contributed by atoms with Gasteiger partial charge in [-0.25, -0.2) is 0 Å². The summed E-state index contributed by atoms with van der Waals surface area (Å²) in [6.07, 6.45) is 0. The number of phenols is 1. The first-order chi connectivity index (χ1) is 8.50. The van der Waals surface area contributed by atoms with Gasteiger partial charge in [0.2, 0.25) is 0 Å². The highest BCUT2D eigenvalue weighted by atomic mass is 79.9. The van der Waals surface area contributed by atoms with Crippen LogP contribution in [0, 0.1) is 13.8 Å². The third-order valence-corrected chi connectivity index (χ3v) is 3.67. The zero-order valence-electron chi connectivity index (χ0n) is 10.7. The van der Waals surface area contributed by atoms with Crippen LogP contribution >= 0.6 is 15.9 Å². The van der Waals surface area contributed by atoms with Crippen molar-refractivity contribution in [3.05, 3.63) is 39.6 Å². The van der Waals surface area contributed by atoms with Crippen molar-refractivity contribution in [2.24, 2.45) is 7.05 Å². The number of benzene rings is 1. The molecule has 2 rings (SSSR count). The molecule has 18 heavy (non-hydrogen) atoms. The summed E-state index contributed by atoms with van der Waals surface area (Å²) >= 11 is 3.31. The van der Waals surface area contributed by atoms with Crippen molar-refractivity contribution >= 4 is 21.6 Å². The molecule has 0 spiro atoms. The lowest BCUT2D eigenvalue weighted by molar-refractivity contribution is 0.465. The number of aromatic hydroxyl groups is 1. The third-order valence-electron chi connectivity index (χ3n) is 3.03. The van der Waals surface area contributed by atoms with Crippen molar-refractivity contribution in [2.45, 2.75) is 20.4 Å². The normalized spacial score (nSPS) is 10.7. The van der Waals surface area contributed by atoms with Crippen molar-refractivity contribution in [1.29, 1.82) is 0 Å². The van der Waals surface area contributed by atoms with Gasteiger partial charge in [-0.2, -0.15) is 5.10 Å². The Morgan fingerprint density at radius 3 is 2.72 bits per heavy atom. The first-order valence-corrected chi connectivity index (χ1v) is 6.50. The molecule has 2 aromatic rings. The van der Waals surface area contributed by atoms with Crippen LogP contribution in [0.3, 0.4) is 0 Å². The molecule has 0 saturated carbocycles. The van der Waals surface area contributed by atoms with Crippen LogP contribution in [0.25, 0.3) is 0 Å². The van der Waals surface area contributed by atoms with Crippen LogP contribution < -0.4 is 5.32 Å². The Bertz CT molecular complexity index is 578. The second kappa shape index (κ2) is 5.02. The van der Waals surface area contributed by atoms with Crippen LogP contribution in [0.5, 0.6) is 5.75 Å². The largest absolute Gasteiger partial charge is 0.506 e. The molecule has 1 aromatic carbocycles. The van der Waals surface area contributed by atoms with Gasteiger partial charge in [-0.1, -0.05) is 12.1 Å².